The Morgan fingerprint density at radius 1 is 1.25 bits per heavy atom. The van der Waals surface area contributed by atoms with E-state index in [1.54, 1.807) is 13.3 Å². The lowest BCUT2D eigenvalue weighted by atomic mass is 10.1. The fraction of sp³-hybridized carbons (Fsp3) is 0.333. The van der Waals surface area contributed by atoms with Crippen molar-refractivity contribution < 1.29 is 4.74 Å². The number of aromatic nitrogens is 2. The van der Waals surface area contributed by atoms with Crippen molar-refractivity contribution in [2.45, 2.75) is 6.54 Å². The molecular weight excluding hydrogens is 252 g/mol. The first kappa shape index (κ1) is 12.9. The van der Waals surface area contributed by atoms with Gasteiger partial charge in [0.05, 0.1) is 12.8 Å². The largest absolute Gasteiger partial charge is 0.481 e. The van der Waals surface area contributed by atoms with E-state index in [1.165, 1.54) is 5.56 Å². The zero-order valence-corrected chi connectivity index (χ0v) is 11.8. The molecule has 0 fully saturated rings. The van der Waals surface area contributed by atoms with Gasteiger partial charge in [0.1, 0.15) is 0 Å². The summed E-state index contributed by atoms with van der Waals surface area (Å²) in [5.74, 6) is 0.614. The van der Waals surface area contributed by atoms with Crippen LogP contribution in [0, 0.1) is 0 Å². The van der Waals surface area contributed by atoms with Crippen LogP contribution < -0.4 is 10.1 Å². The van der Waals surface area contributed by atoms with Crippen LogP contribution >= 0.6 is 0 Å². The lowest BCUT2D eigenvalue weighted by Gasteiger charge is -2.12. The molecule has 0 aromatic carbocycles. The van der Waals surface area contributed by atoms with Gasteiger partial charge in [-0.3, -0.25) is 4.98 Å². The standard InChI is InChI=1S/C15H18N4O/c1-19-6-5-16-14-7-13(17-9-12(14)10-19)11-3-4-15(20-2)18-8-11/h3-4,7-9,16H,5-6,10H2,1-2H3. The minimum Gasteiger partial charge on any atom is -0.481 e. The van der Waals surface area contributed by atoms with Crippen molar-refractivity contribution in [2.75, 3.05) is 32.6 Å². The van der Waals surface area contributed by atoms with Gasteiger partial charge < -0.3 is 15.0 Å². The molecular formula is C15H18N4O. The van der Waals surface area contributed by atoms with Crippen LogP contribution in [0.3, 0.4) is 0 Å². The second kappa shape index (κ2) is 5.46. The summed E-state index contributed by atoms with van der Waals surface area (Å²) in [6.07, 6.45) is 3.74. The zero-order valence-electron chi connectivity index (χ0n) is 11.8. The molecule has 0 aliphatic carbocycles. The summed E-state index contributed by atoms with van der Waals surface area (Å²) in [4.78, 5) is 11.1. The van der Waals surface area contributed by atoms with Crippen molar-refractivity contribution in [3.8, 4) is 17.1 Å². The molecule has 2 aromatic rings. The molecule has 0 bridgehead atoms. The van der Waals surface area contributed by atoms with Gasteiger partial charge in [-0.15, -0.1) is 0 Å². The van der Waals surface area contributed by atoms with Crippen molar-refractivity contribution in [3.05, 3.63) is 36.2 Å². The van der Waals surface area contributed by atoms with Crippen molar-refractivity contribution in [2.24, 2.45) is 0 Å². The number of methoxy groups -OCH3 is 1. The number of hydrogen-bond acceptors (Lipinski definition) is 5. The van der Waals surface area contributed by atoms with Crippen LogP contribution in [0.2, 0.25) is 0 Å². The van der Waals surface area contributed by atoms with Gasteiger partial charge in [-0.05, 0) is 19.2 Å². The quantitative estimate of drug-likeness (QED) is 0.904. The van der Waals surface area contributed by atoms with Crippen LogP contribution in [-0.2, 0) is 6.54 Å². The smallest absolute Gasteiger partial charge is 0.212 e. The van der Waals surface area contributed by atoms with E-state index in [0.29, 0.717) is 5.88 Å². The van der Waals surface area contributed by atoms with E-state index in [-0.39, 0.29) is 0 Å². The third-order valence-electron chi connectivity index (χ3n) is 3.48. The summed E-state index contributed by atoms with van der Waals surface area (Å²) < 4.78 is 5.07. The Morgan fingerprint density at radius 3 is 2.90 bits per heavy atom. The van der Waals surface area contributed by atoms with E-state index in [2.05, 4.69) is 33.3 Å². The molecule has 20 heavy (non-hydrogen) atoms. The lowest BCUT2D eigenvalue weighted by molar-refractivity contribution is 0.346. The first-order valence-electron chi connectivity index (χ1n) is 6.68. The van der Waals surface area contributed by atoms with Gasteiger partial charge in [0, 0.05) is 54.9 Å². The third-order valence-corrected chi connectivity index (χ3v) is 3.48. The highest BCUT2D eigenvalue weighted by Crippen LogP contribution is 2.25. The molecule has 2 aromatic heterocycles. The van der Waals surface area contributed by atoms with E-state index in [0.717, 1.165) is 36.6 Å². The van der Waals surface area contributed by atoms with Crippen molar-refractivity contribution in [1.29, 1.82) is 0 Å². The Bertz CT molecular complexity index is 597. The Balaban J connectivity index is 1.93. The molecule has 0 radical (unpaired) electrons. The highest BCUT2D eigenvalue weighted by molar-refractivity contribution is 5.65. The maximum Gasteiger partial charge on any atom is 0.212 e. The van der Waals surface area contributed by atoms with Gasteiger partial charge in [-0.2, -0.15) is 0 Å². The topological polar surface area (TPSA) is 50.3 Å². The molecule has 104 valence electrons. The Morgan fingerprint density at radius 2 is 2.15 bits per heavy atom. The van der Waals surface area contributed by atoms with Crippen molar-refractivity contribution in [1.82, 2.24) is 14.9 Å². The highest BCUT2D eigenvalue weighted by Gasteiger charge is 2.12. The summed E-state index contributed by atoms with van der Waals surface area (Å²) in [5, 5.41) is 3.46. The number of anilines is 1. The molecule has 0 saturated carbocycles. The summed E-state index contributed by atoms with van der Waals surface area (Å²) in [6.45, 7) is 2.92. The molecule has 5 nitrogen and oxygen atoms in total. The third kappa shape index (κ3) is 2.58. The molecule has 1 aliphatic heterocycles. The SMILES string of the molecule is COc1ccc(-c2cc3c(cn2)CN(C)CCN3)cn1. The number of pyridine rings is 2. The van der Waals surface area contributed by atoms with Gasteiger partial charge >= 0.3 is 0 Å². The maximum absolute atomic E-state index is 5.07. The van der Waals surface area contributed by atoms with E-state index in [9.17, 15) is 0 Å². The second-order valence-corrected chi connectivity index (χ2v) is 4.98. The molecule has 1 N–H and O–H groups in total. The summed E-state index contributed by atoms with van der Waals surface area (Å²) in [6, 6.07) is 5.92. The lowest BCUT2D eigenvalue weighted by Crippen LogP contribution is -2.20. The van der Waals surface area contributed by atoms with Gasteiger partial charge in [0.2, 0.25) is 5.88 Å². The van der Waals surface area contributed by atoms with Crippen LogP contribution in [-0.4, -0.2) is 42.1 Å². The minimum absolute atomic E-state index is 0.614. The number of nitrogens with zero attached hydrogens (tertiary/aromatic N) is 3. The monoisotopic (exact) mass is 270 g/mol. The van der Waals surface area contributed by atoms with Crippen molar-refractivity contribution >= 4 is 5.69 Å². The number of ether oxygens (including phenoxy) is 1. The Hall–Kier alpha value is -2.14. The number of rotatable bonds is 2. The molecule has 3 heterocycles. The van der Waals surface area contributed by atoms with E-state index >= 15 is 0 Å². The number of fused-ring (bicyclic) bond motifs is 1. The predicted octanol–water partition coefficient (Wildman–Crippen LogP) is 2.01. The minimum atomic E-state index is 0.614. The maximum atomic E-state index is 5.07. The van der Waals surface area contributed by atoms with Crippen LogP contribution in [0.25, 0.3) is 11.3 Å². The highest BCUT2D eigenvalue weighted by atomic mass is 16.5. The van der Waals surface area contributed by atoms with E-state index in [1.807, 2.05) is 18.3 Å². The van der Waals surface area contributed by atoms with Gasteiger partial charge in [0.15, 0.2) is 0 Å². The number of nitrogens with one attached hydrogen (secondary N) is 1. The van der Waals surface area contributed by atoms with Gasteiger partial charge in [-0.1, -0.05) is 0 Å². The zero-order chi connectivity index (χ0) is 13.9. The molecule has 0 amide bonds. The fourth-order valence-corrected chi connectivity index (χ4v) is 2.34. The average Bonchev–Trinajstić information content (AvgIpc) is 2.67. The molecule has 0 atom stereocenters. The summed E-state index contributed by atoms with van der Waals surface area (Å²) in [7, 11) is 3.74. The Kier molecular flexibility index (Phi) is 3.52. The number of hydrogen-bond donors (Lipinski definition) is 1. The molecule has 0 unspecified atom stereocenters. The average molecular weight is 270 g/mol. The van der Waals surface area contributed by atoms with E-state index < -0.39 is 0 Å². The molecule has 3 rings (SSSR count). The summed E-state index contributed by atoms with van der Waals surface area (Å²) >= 11 is 0. The first-order chi connectivity index (χ1) is 9.76. The second-order valence-electron chi connectivity index (χ2n) is 4.98. The molecule has 5 heteroatoms. The first-order valence-corrected chi connectivity index (χ1v) is 6.68. The Labute approximate surface area is 118 Å². The van der Waals surface area contributed by atoms with Crippen LogP contribution in [0.4, 0.5) is 5.69 Å². The van der Waals surface area contributed by atoms with Crippen LogP contribution in [0.1, 0.15) is 5.56 Å². The summed E-state index contributed by atoms with van der Waals surface area (Å²) in [5.41, 5.74) is 4.31. The van der Waals surface area contributed by atoms with Crippen molar-refractivity contribution in [3.63, 3.8) is 0 Å². The van der Waals surface area contributed by atoms with Crippen LogP contribution in [0.5, 0.6) is 5.88 Å². The van der Waals surface area contributed by atoms with Gasteiger partial charge in [0.25, 0.3) is 0 Å². The molecule has 1 aliphatic rings. The van der Waals surface area contributed by atoms with Crippen LogP contribution in [0.15, 0.2) is 30.6 Å². The molecule has 0 spiro atoms. The van der Waals surface area contributed by atoms with E-state index in [4.69, 9.17) is 4.74 Å². The van der Waals surface area contributed by atoms with Gasteiger partial charge in [-0.25, -0.2) is 4.98 Å². The fourth-order valence-electron chi connectivity index (χ4n) is 2.34. The normalized spacial score (nSPS) is 15.1. The molecule has 0 saturated heterocycles. The number of likely N-dealkylation sites (N-methyl/N-ethyl adjacent to an activating group) is 1. The predicted molar refractivity (Wildman–Crippen MR) is 78.8 cm³/mol.